The van der Waals surface area contributed by atoms with Gasteiger partial charge in [-0.05, 0) is 28.8 Å². The minimum Gasteiger partial charge on any atom is -0.369 e. The van der Waals surface area contributed by atoms with E-state index in [2.05, 4.69) is 15.5 Å². The Morgan fingerprint density at radius 3 is 2.54 bits per heavy atom. The zero-order valence-electron chi connectivity index (χ0n) is 14.2. The molecule has 4 N–H and O–H groups in total. The van der Waals surface area contributed by atoms with Crippen LogP contribution in [0.5, 0.6) is 0 Å². The van der Waals surface area contributed by atoms with E-state index in [0.29, 0.717) is 6.67 Å². The van der Waals surface area contributed by atoms with Crippen LogP contribution in [0, 0.1) is 5.92 Å². The molecule has 2 aliphatic rings. The molecule has 2 aromatic carbocycles. The van der Waals surface area contributed by atoms with Crippen LogP contribution in [0.1, 0.15) is 11.1 Å². The predicted molar refractivity (Wildman–Crippen MR) is 99.7 cm³/mol. The molecule has 0 radical (unpaired) electrons. The number of para-hydroxylation sites is 1. The lowest BCUT2D eigenvalue weighted by Crippen LogP contribution is -2.58. The number of nitrogens with zero attached hydrogens (tertiary/aromatic N) is 1. The van der Waals surface area contributed by atoms with Gasteiger partial charge in [-0.15, -0.1) is 0 Å². The Bertz CT molecular complexity index is 861. The summed E-state index contributed by atoms with van der Waals surface area (Å²) in [5.74, 6) is -0.644. The normalized spacial score (nSPS) is 21.8. The summed E-state index contributed by atoms with van der Waals surface area (Å²) >= 11 is 0. The number of hydrogen-bond donors (Lipinski definition) is 3. The van der Waals surface area contributed by atoms with Crippen molar-refractivity contribution in [2.45, 2.75) is 12.6 Å². The third-order valence-corrected chi connectivity index (χ3v) is 4.80. The number of benzene rings is 2. The molecule has 2 heterocycles. The van der Waals surface area contributed by atoms with E-state index in [9.17, 15) is 9.59 Å². The average molecular weight is 348 g/mol. The van der Waals surface area contributed by atoms with Crippen LogP contribution in [0.4, 0.5) is 5.69 Å². The summed E-state index contributed by atoms with van der Waals surface area (Å²) in [6, 6.07) is 17.6. The topological polar surface area (TPSA) is 87.5 Å². The second-order valence-electron chi connectivity index (χ2n) is 6.51. The summed E-state index contributed by atoms with van der Waals surface area (Å²) in [5.41, 5.74) is 9.07. The van der Waals surface area contributed by atoms with Crippen molar-refractivity contribution in [2.75, 3.05) is 11.6 Å². The Kier molecular flexibility index (Phi) is 4.18. The summed E-state index contributed by atoms with van der Waals surface area (Å²) in [4.78, 5) is 25.8. The smallest absolute Gasteiger partial charge is 0.232 e. The maximum Gasteiger partial charge on any atom is 0.232 e. The first-order valence-electron chi connectivity index (χ1n) is 8.57. The third kappa shape index (κ3) is 2.95. The highest BCUT2D eigenvalue weighted by Gasteiger charge is 2.43. The van der Waals surface area contributed by atoms with E-state index < -0.39 is 0 Å². The minimum absolute atomic E-state index is 0.0136. The van der Waals surface area contributed by atoms with E-state index >= 15 is 0 Å². The second kappa shape index (κ2) is 6.65. The van der Waals surface area contributed by atoms with Gasteiger partial charge in [0.05, 0.1) is 19.0 Å². The first kappa shape index (κ1) is 16.4. The van der Waals surface area contributed by atoms with Gasteiger partial charge in [0.15, 0.2) is 0 Å². The molecule has 2 aromatic rings. The number of nitrogens with two attached hydrogens (primary N) is 1. The van der Waals surface area contributed by atoms with Gasteiger partial charge in [-0.1, -0.05) is 42.5 Å². The van der Waals surface area contributed by atoms with E-state index in [0.717, 1.165) is 22.4 Å². The molecule has 1 fully saturated rings. The summed E-state index contributed by atoms with van der Waals surface area (Å²) < 4.78 is 0. The van der Waals surface area contributed by atoms with Crippen molar-refractivity contribution in [3.63, 3.8) is 0 Å². The Balaban J connectivity index is 1.70. The molecule has 132 valence electrons. The van der Waals surface area contributed by atoms with E-state index in [1.807, 2.05) is 60.8 Å². The second-order valence-corrected chi connectivity index (χ2v) is 6.51. The molecular formula is C20H20N4O2. The molecule has 2 aliphatic heterocycles. The van der Waals surface area contributed by atoms with Crippen molar-refractivity contribution in [3.8, 4) is 0 Å². The van der Waals surface area contributed by atoms with Gasteiger partial charge in [0, 0.05) is 11.9 Å². The quantitative estimate of drug-likeness (QED) is 0.775. The summed E-state index contributed by atoms with van der Waals surface area (Å²) in [5, 5.41) is 6.26. The number of carbonyl (C=O) groups excluding carboxylic acids is 2. The molecule has 0 bridgehead atoms. The summed E-state index contributed by atoms with van der Waals surface area (Å²) in [7, 11) is 0. The van der Waals surface area contributed by atoms with Crippen molar-refractivity contribution in [1.29, 1.82) is 0 Å². The molecule has 2 atom stereocenters. The van der Waals surface area contributed by atoms with Crippen LogP contribution in [0.3, 0.4) is 0 Å². The minimum atomic E-state index is -0.357. The molecule has 0 spiro atoms. The lowest BCUT2D eigenvalue weighted by Gasteiger charge is -2.34. The number of nitrogens with one attached hydrogen (secondary N) is 2. The van der Waals surface area contributed by atoms with Crippen molar-refractivity contribution < 1.29 is 9.59 Å². The third-order valence-electron chi connectivity index (χ3n) is 4.80. The fourth-order valence-electron chi connectivity index (χ4n) is 3.60. The lowest BCUT2D eigenvalue weighted by molar-refractivity contribution is -0.125. The fraction of sp³-hybridized carbons (Fsp3) is 0.200. The van der Waals surface area contributed by atoms with Crippen molar-refractivity contribution in [3.05, 3.63) is 71.9 Å². The molecule has 2 unspecified atom stereocenters. The monoisotopic (exact) mass is 348 g/mol. The number of amides is 2. The highest BCUT2D eigenvalue weighted by atomic mass is 16.2. The standard InChI is InChI=1S/C20H20N4O2/c21-17(25)10-13-6-8-14(9-7-13)16-11-24(15-4-2-1-3-5-15)19-18(16)20(26)23-12-22-19/h1-9,11,18-19,22H,10,12H2,(H2,21,25)(H,23,26). The highest BCUT2D eigenvalue weighted by molar-refractivity contribution is 5.96. The number of hydrogen-bond acceptors (Lipinski definition) is 4. The van der Waals surface area contributed by atoms with Gasteiger partial charge in [-0.2, -0.15) is 0 Å². The van der Waals surface area contributed by atoms with E-state index in [1.165, 1.54) is 0 Å². The molecule has 0 aliphatic carbocycles. The van der Waals surface area contributed by atoms with Crippen LogP contribution in [-0.4, -0.2) is 24.6 Å². The molecule has 6 nitrogen and oxygen atoms in total. The summed E-state index contributed by atoms with van der Waals surface area (Å²) in [6.07, 6.45) is 2.13. The predicted octanol–water partition coefficient (Wildman–Crippen LogP) is 1.19. The van der Waals surface area contributed by atoms with Gasteiger partial charge >= 0.3 is 0 Å². The summed E-state index contributed by atoms with van der Waals surface area (Å²) in [6.45, 7) is 0.446. The first-order chi connectivity index (χ1) is 12.6. The van der Waals surface area contributed by atoms with Crippen molar-refractivity contribution >= 4 is 23.1 Å². The SMILES string of the molecule is NC(=O)Cc1ccc(C2=CN(c3ccccc3)C3NCNC(=O)C23)cc1. The Morgan fingerprint density at radius 1 is 1.12 bits per heavy atom. The number of rotatable bonds is 4. The van der Waals surface area contributed by atoms with Gasteiger partial charge in [0.1, 0.15) is 6.17 Å². The Morgan fingerprint density at radius 2 is 1.85 bits per heavy atom. The largest absolute Gasteiger partial charge is 0.369 e. The Hall–Kier alpha value is -3.12. The van der Waals surface area contributed by atoms with E-state index in [-0.39, 0.29) is 30.3 Å². The molecule has 0 aromatic heterocycles. The van der Waals surface area contributed by atoms with Crippen LogP contribution in [-0.2, 0) is 16.0 Å². The molecular weight excluding hydrogens is 328 g/mol. The zero-order chi connectivity index (χ0) is 18.1. The molecule has 6 heteroatoms. The van der Waals surface area contributed by atoms with E-state index in [1.54, 1.807) is 0 Å². The van der Waals surface area contributed by atoms with E-state index in [4.69, 9.17) is 5.73 Å². The fourth-order valence-corrected chi connectivity index (χ4v) is 3.60. The molecule has 4 rings (SSSR count). The van der Waals surface area contributed by atoms with Crippen LogP contribution >= 0.6 is 0 Å². The van der Waals surface area contributed by atoms with Gasteiger partial charge in [0.2, 0.25) is 11.8 Å². The molecule has 26 heavy (non-hydrogen) atoms. The number of fused-ring (bicyclic) bond motifs is 1. The zero-order valence-corrected chi connectivity index (χ0v) is 14.2. The van der Waals surface area contributed by atoms with Gasteiger partial charge in [-0.25, -0.2) is 0 Å². The first-order valence-corrected chi connectivity index (χ1v) is 8.57. The van der Waals surface area contributed by atoms with Gasteiger partial charge < -0.3 is 16.0 Å². The van der Waals surface area contributed by atoms with Crippen LogP contribution in [0.15, 0.2) is 60.8 Å². The maximum atomic E-state index is 12.6. The van der Waals surface area contributed by atoms with Crippen molar-refractivity contribution in [1.82, 2.24) is 10.6 Å². The molecule has 2 amide bonds. The molecule has 1 saturated heterocycles. The highest BCUT2D eigenvalue weighted by Crippen LogP contribution is 2.38. The average Bonchev–Trinajstić information content (AvgIpc) is 3.04. The number of primary amides is 1. The maximum absolute atomic E-state index is 12.6. The lowest BCUT2D eigenvalue weighted by atomic mass is 9.90. The van der Waals surface area contributed by atoms with Crippen molar-refractivity contribution in [2.24, 2.45) is 11.7 Å². The Labute approximate surface area is 151 Å². The van der Waals surface area contributed by atoms with Crippen LogP contribution in [0.2, 0.25) is 0 Å². The number of anilines is 1. The van der Waals surface area contributed by atoms with Crippen LogP contribution < -0.4 is 21.3 Å². The van der Waals surface area contributed by atoms with Gasteiger partial charge in [-0.3, -0.25) is 14.9 Å². The van der Waals surface area contributed by atoms with Gasteiger partial charge in [0.25, 0.3) is 0 Å². The number of carbonyl (C=O) groups is 2. The van der Waals surface area contributed by atoms with Crippen LogP contribution in [0.25, 0.3) is 5.57 Å². The molecule has 0 saturated carbocycles.